The topological polar surface area (TPSA) is 84.0 Å². The first-order valence-corrected chi connectivity index (χ1v) is 9.23. The second-order valence-corrected chi connectivity index (χ2v) is 7.42. The van der Waals surface area contributed by atoms with Gasteiger partial charge in [-0.1, -0.05) is 29.3 Å². The van der Waals surface area contributed by atoms with Crippen LogP contribution in [0, 0.1) is 6.92 Å². The van der Waals surface area contributed by atoms with E-state index < -0.39 is 10.0 Å². The number of hydrogen-bond donors (Lipinski definition) is 2. The van der Waals surface area contributed by atoms with Crippen LogP contribution in [0.4, 0.5) is 17.2 Å². The molecule has 3 aromatic rings. The molecule has 2 N–H and O–H groups in total. The van der Waals surface area contributed by atoms with Crippen LogP contribution in [0.25, 0.3) is 0 Å². The summed E-state index contributed by atoms with van der Waals surface area (Å²) in [7, 11) is -3.62. The molecule has 8 heteroatoms. The van der Waals surface area contributed by atoms with Crippen LogP contribution in [0.2, 0.25) is 5.15 Å². The van der Waals surface area contributed by atoms with E-state index in [9.17, 15) is 8.42 Å². The van der Waals surface area contributed by atoms with E-state index in [1.165, 1.54) is 6.33 Å². The summed E-state index contributed by atoms with van der Waals surface area (Å²) in [5.41, 5.74) is 2.21. The smallest absolute Gasteiger partial charge is 0.261 e. The Kier molecular flexibility index (Phi) is 4.87. The highest BCUT2D eigenvalue weighted by Gasteiger charge is 2.13. The molecule has 0 saturated carbocycles. The van der Waals surface area contributed by atoms with E-state index in [0.717, 1.165) is 11.3 Å². The summed E-state index contributed by atoms with van der Waals surface area (Å²) in [5.74, 6) is 0.549. The normalized spacial score (nSPS) is 11.1. The van der Waals surface area contributed by atoms with Gasteiger partial charge in [-0.15, -0.1) is 0 Å². The summed E-state index contributed by atoms with van der Waals surface area (Å²) >= 11 is 5.81. The Morgan fingerprint density at radius 3 is 2.20 bits per heavy atom. The van der Waals surface area contributed by atoms with E-state index in [4.69, 9.17) is 11.6 Å². The number of hydrogen-bond acceptors (Lipinski definition) is 5. The van der Waals surface area contributed by atoms with E-state index in [1.807, 2.05) is 6.92 Å². The molecule has 0 aliphatic rings. The van der Waals surface area contributed by atoms with Crippen LogP contribution < -0.4 is 10.0 Å². The SMILES string of the molecule is Cc1ccc(S(=O)(=O)Nc2ccc(Nc3cc(Cl)ncn3)cc2)cc1. The van der Waals surface area contributed by atoms with Crippen molar-refractivity contribution in [2.75, 3.05) is 10.0 Å². The number of anilines is 3. The third-order valence-corrected chi connectivity index (χ3v) is 4.98. The van der Waals surface area contributed by atoms with Gasteiger partial charge in [0.15, 0.2) is 0 Å². The lowest BCUT2D eigenvalue weighted by molar-refractivity contribution is 0.601. The van der Waals surface area contributed by atoms with Crippen LogP contribution in [0.3, 0.4) is 0 Å². The zero-order valence-electron chi connectivity index (χ0n) is 13.3. The van der Waals surface area contributed by atoms with Gasteiger partial charge in [0.1, 0.15) is 17.3 Å². The average Bonchev–Trinajstić information content (AvgIpc) is 2.57. The van der Waals surface area contributed by atoms with Crippen molar-refractivity contribution in [3.8, 4) is 0 Å². The van der Waals surface area contributed by atoms with Gasteiger partial charge in [-0.3, -0.25) is 4.72 Å². The van der Waals surface area contributed by atoms with Crippen molar-refractivity contribution in [1.29, 1.82) is 0 Å². The fourth-order valence-electron chi connectivity index (χ4n) is 2.10. The molecule has 25 heavy (non-hydrogen) atoms. The van der Waals surface area contributed by atoms with Gasteiger partial charge in [0.25, 0.3) is 10.0 Å². The first-order valence-electron chi connectivity index (χ1n) is 7.36. The van der Waals surface area contributed by atoms with Crippen LogP contribution >= 0.6 is 11.6 Å². The van der Waals surface area contributed by atoms with E-state index in [0.29, 0.717) is 16.7 Å². The van der Waals surface area contributed by atoms with Gasteiger partial charge in [-0.2, -0.15) is 0 Å². The fraction of sp³-hybridized carbons (Fsp3) is 0.0588. The lowest BCUT2D eigenvalue weighted by Crippen LogP contribution is -2.12. The summed E-state index contributed by atoms with van der Waals surface area (Å²) < 4.78 is 27.3. The van der Waals surface area contributed by atoms with Crippen LogP contribution in [0.15, 0.2) is 65.8 Å². The second kappa shape index (κ2) is 7.08. The monoisotopic (exact) mass is 374 g/mol. The molecule has 0 saturated heterocycles. The summed E-state index contributed by atoms with van der Waals surface area (Å²) in [6.45, 7) is 1.90. The number of nitrogens with zero attached hydrogens (tertiary/aromatic N) is 2. The third kappa shape index (κ3) is 4.46. The molecule has 0 radical (unpaired) electrons. The third-order valence-electron chi connectivity index (χ3n) is 3.37. The quantitative estimate of drug-likeness (QED) is 0.660. The average molecular weight is 375 g/mol. The van der Waals surface area contributed by atoms with Crippen LogP contribution in [-0.4, -0.2) is 18.4 Å². The van der Waals surface area contributed by atoms with Gasteiger partial charge in [-0.25, -0.2) is 18.4 Å². The van der Waals surface area contributed by atoms with Crippen molar-refractivity contribution >= 4 is 38.8 Å². The van der Waals surface area contributed by atoms with Gasteiger partial charge in [0, 0.05) is 17.4 Å². The van der Waals surface area contributed by atoms with E-state index in [-0.39, 0.29) is 4.90 Å². The Balaban J connectivity index is 1.73. The van der Waals surface area contributed by atoms with Crippen molar-refractivity contribution in [2.24, 2.45) is 0 Å². The largest absolute Gasteiger partial charge is 0.340 e. The van der Waals surface area contributed by atoms with Gasteiger partial charge in [0.05, 0.1) is 4.90 Å². The maximum atomic E-state index is 12.4. The fourth-order valence-corrected chi connectivity index (χ4v) is 3.31. The molecule has 128 valence electrons. The zero-order chi connectivity index (χ0) is 17.9. The number of sulfonamides is 1. The van der Waals surface area contributed by atoms with E-state index in [1.54, 1.807) is 54.6 Å². The van der Waals surface area contributed by atoms with Crippen LogP contribution in [0.1, 0.15) is 5.56 Å². The molecule has 0 bridgehead atoms. The Labute approximate surface area is 151 Å². The Morgan fingerprint density at radius 2 is 1.56 bits per heavy atom. The zero-order valence-corrected chi connectivity index (χ0v) is 14.8. The maximum Gasteiger partial charge on any atom is 0.261 e. The molecule has 0 atom stereocenters. The summed E-state index contributed by atoms with van der Waals surface area (Å²) in [4.78, 5) is 8.07. The van der Waals surface area contributed by atoms with Crippen molar-refractivity contribution < 1.29 is 8.42 Å². The Morgan fingerprint density at radius 1 is 0.920 bits per heavy atom. The molecule has 3 rings (SSSR count). The lowest BCUT2D eigenvalue weighted by Gasteiger charge is -2.10. The minimum Gasteiger partial charge on any atom is -0.340 e. The number of halogens is 1. The van der Waals surface area contributed by atoms with E-state index in [2.05, 4.69) is 20.0 Å². The predicted molar refractivity (Wildman–Crippen MR) is 98.8 cm³/mol. The number of nitrogens with one attached hydrogen (secondary N) is 2. The minimum atomic E-state index is -3.62. The number of aromatic nitrogens is 2. The van der Waals surface area contributed by atoms with Gasteiger partial charge >= 0.3 is 0 Å². The molecule has 0 amide bonds. The van der Waals surface area contributed by atoms with Gasteiger partial charge in [0.2, 0.25) is 0 Å². The molecule has 6 nitrogen and oxygen atoms in total. The van der Waals surface area contributed by atoms with Crippen molar-refractivity contribution in [2.45, 2.75) is 11.8 Å². The molecule has 0 aliphatic carbocycles. The number of benzene rings is 2. The molecule has 1 heterocycles. The van der Waals surface area contributed by atoms with Crippen LogP contribution in [0.5, 0.6) is 0 Å². The molecule has 0 fully saturated rings. The molecule has 0 aliphatic heterocycles. The van der Waals surface area contributed by atoms with Gasteiger partial charge in [-0.05, 0) is 43.3 Å². The number of rotatable bonds is 5. The summed E-state index contributed by atoms with van der Waals surface area (Å²) in [6.07, 6.45) is 1.36. The number of aryl methyl sites for hydroxylation is 1. The van der Waals surface area contributed by atoms with E-state index >= 15 is 0 Å². The summed E-state index contributed by atoms with van der Waals surface area (Å²) in [5, 5.41) is 3.39. The summed E-state index contributed by atoms with van der Waals surface area (Å²) in [6, 6.07) is 15.1. The first kappa shape index (κ1) is 17.2. The maximum absolute atomic E-state index is 12.4. The minimum absolute atomic E-state index is 0.218. The lowest BCUT2D eigenvalue weighted by atomic mass is 10.2. The molecule has 0 unspecified atom stereocenters. The van der Waals surface area contributed by atoms with Crippen LogP contribution in [-0.2, 0) is 10.0 Å². The molecule has 1 aromatic heterocycles. The first-order chi connectivity index (χ1) is 11.9. The highest BCUT2D eigenvalue weighted by atomic mass is 35.5. The second-order valence-electron chi connectivity index (χ2n) is 5.35. The highest BCUT2D eigenvalue weighted by Crippen LogP contribution is 2.21. The molecular weight excluding hydrogens is 360 g/mol. The molecule has 0 spiro atoms. The Bertz CT molecular complexity index is 974. The Hall–Kier alpha value is -2.64. The van der Waals surface area contributed by atoms with Gasteiger partial charge < -0.3 is 5.32 Å². The highest BCUT2D eigenvalue weighted by molar-refractivity contribution is 7.92. The van der Waals surface area contributed by atoms with Crippen molar-refractivity contribution in [3.05, 3.63) is 71.6 Å². The predicted octanol–water partition coefficient (Wildman–Crippen LogP) is 3.98. The molecule has 2 aromatic carbocycles. The standard InChI is InChI=1S/C17H15ClN4O2S/c1-12-2-8-15(9-3-12)25(23,24)22-14-6-4-13(5-7-14)21-17-10-16(18)19-11-20-17/h2-11,22H,1H3,(H,19,20,21). The molecular formula is C17H15ClN4O2S. The van der Waals surface area contributed by atoms with Crippen molar-refractivity contribution in [3.63, 3.8) is 0 Å². The van der Waals surface area contributed by atoms with Crippen molar-refractivity contribution in [1.82, 2.24) is 9.97 Å².